The number of nitrogens with zero attached hydrogens (tertiary/aromatic N) is 1. The van der Waals surface area contributed by atoms with Gasteiger partial charge in [0.2, 0.25) is 11.6 Å². The van der Waals surface area contributed by atoms with Crippen LogP contribution in [0.2, 0.25) is 0 Å². The Balaban J connectivity index is 2.47. The molecule has 0 heterocycles. The van der Waals surface area contributed by atoms with Gasteiger partial charge in [-0.1, -0.05) is 6.07 Å². The van der Waals surface area contributed by atoms with Crippen molar-refractivity contribution in [1.29, 1.82) is 0 Å². The predicted molar refractivity (Wildman–Crippen MR) is 64.5 cm³/mol. The molecule has 116 valence electrons. The first kappa shape index (κ1) is 15.7. The average Bonchev–Trinajstić information content (AvgIpc) is 2.43. The number of nitro groups is 1. The van der Waals surface area contributed by atoms with Crippen LogP contribution in [0.4, 0.5) is 27.6 Å². The monoisotopic (exact) mass is 319 g/mol. The number of benzene rings is 2. The first-order chi connectivity index (χ1) is 10.2. The Hall–Kier alpha value is -2.71. The van der Waals surface area contributed by atoms with Crippen LogP contribution in [0.25, 0.3) is 0 Å². The smallest absolute Gasteiger partial charge is 0.416 e. The van der Waals surface area contributed by atoms with Crippen LogP contribution in [-0.4, -0.2) is 4.92 Å². The molecule has 0 saturated carbocycles. The lowest BCUT2D eigenvalue weighted by atomic mass is 10.2. The second kappa shape index (κ2) is 5.58. The average molecular weight is 319 g/mol. The molecule has 0 bridgehead atoms. The van der Waals surface area contributed by atoms with Crippen LogP contribution in [0.3, 0.4) is 0 Å². The van der Waals surface area contributed by atoms with Gasteiger partial charge in [0, 0.05) is 6.07 Å². The van der Waals surface area contributed by atoms with Crippen LogP contribution < -0.4 is 4.74 Å². The normalized spacial score (nSPS) is 11.3. The molecule has 9 heteroatoms. The number of hydrogen-bond acceptors (Lipinski definition) is 3. The molecule has 0 saturated heterocycles. The molecule has 22 heavy (non-hydrogen) atoms. The molecule has 0 amide bonds. The van der Waals surface area contributed by atoms with E-state index in [9.17, 15) is 32.1 Å². The molecular weight excluding hydrogens is 313 g/mol. The van der Waals surface area contributed by atoms with E-state index in [1.807, 2.05) is 0 Å². The van der Waals surface area contributed by atoms with Crippen molar-refractivity contribution in [3.63, 3.8) is 0 Å². The number of rotatable bonds is 3. The fourth-order valence-corrected chi connectivity index (χ4v) is 1.60. The predicted octanol–water partition coefficient (Wildman–Crippen LogP) is 4.68. The number of alkyl halides is 3. The molecule has 0 aliphatic rings. The van der Waals surface area contributed by atoms with E-state index in [0.29, 0.717) is 12.1 Å². The van der Waals surface area contributed by atoms with Gasteiger partial charge in [0.25, 0.3) is 0 Å². The first-order valence-electron chi connectivity index (χ1n) is 5.67. The van der Waals surface area contributed by atoms with Crippen molar-refractivity contribution in [3.8, 4) is 11.5 Å². The minimum Gasteiger partial charge on any atom is -0.447 e. The lowest BCUT2D eigenvalue weighted by molar-refractivity contribution is -0.385. The summed E-state index contributed by atoms with van der Waals surface area (Å²) in [5.74, 6) is -3.98. The third-order valence-corrected chi connectivity index (χ3v) is 2.62. The van der Waals surface area contributed by atoms with Gasteiger partial charge in [0.15, 0.2) is 11.6 Å². The molecule has 0 aliphatic carbocycles. The molecule has 0 spiro atoms. The maximum absolute atomic E-state index is 13.4. The summed E-state index contributed by atoms with van der Waals surface area (Å²) in [5.41, 5.74) is -2.27. The van der Waals surface area contributed by atoms with E-state index >= 15 is 0 Å². The molecule has 0 aromatic heterocycles. The summed E-state index contributed by atoms with van der Waals surface area (Å²) >= 11 is 0. The van der Waals surface area contributed by atoms with Gasteiger partial charge in [0.1, 0.15) is 0 Å². The quantitative estimate of drug-likeness (QED) is 0.469. The molecule has 4 nitrogen and oxygen atoms in total. The Bertz CT molecular complexity index is 730. The third-order valence-electron chi connectivity index (χ3n) is 2.62. The Morgan fingerprint density at radius 2 is 1.73 bits per heavy atom. The van der Waals surface area contributed by atoms with Crippen molar-refractivity contribution in [2.45, 2.75) is 6.18 Å². The van der Waals surface area contributed by atoms with Gasteiger partial charge < -0.3 is 4.74 Å². The lowest BCUT2D eigenvalue weighted by Gasteiger charge is -2.10. The van der Waals surface area contributed by atoms with Gasteiger partial charge >= 0.3 is 11.9 Å². The Morgan fingerprint density at radius 1 is 1.05 bits per heavy atom. The molecule has 0 radical (unpaired) electrons. The Morgan fingerprint density at radius 3 is 2.32 bits per heavy atom. The molecule has 0 fully saturated rings. The molecule has 2 aromatic rings. The highest BCUT2D eigenvalue weighted by Gasteiger charge is 2.33. The zero-order valence-corrected chi connectivity index (χ0v) is 10.5. The van der Waals surface area contributed by atoms with Gasteiger partial charge in [-0.3, -0.25) is 10.1 Å². The first-order valence-corrected chi connectivity index (χ1v) is 5.67. The summed E-state index contributed by atoms with van der Waals surface area (Å²) in [6.07, 6.45) is -4.78. The maximum atomic E-state index is 13.4. The highest BCUT2D eigenvalue weighted by atomic mass is 19.4. The zero-order valence-electron chi connectivity index (χ0n) is 10.5. The Labute approximate surface area is 119 Å². The molecule has 0 aliphatic heterocycles. The summed E-state index contributed by atoms with van der Waals surface area (Å²) < 4.78 is 68.9. The van der Waals surface area contributed by atoms with Crippen molar-refractivity contribution in [1.82, 2.24) is 0 Å². The standard InChI is InChI=1S/C13H6F5NO3/c14-8-2-1-3-11(12(8)15)22-10-5-4-7(13(16,17)18)6-9(10)19(20)21/h1-6H. The SMILES string of the molecule is O=[N+]([O-])c1cc(C(F)(F)F)ccc1Oc1cccc(F)c1F. The van der Waals surface area contributed by atoms with Crippen LogP contribution >= 0.6 is 0 Å². The summed E-state index contributed by atoms with van der Waals surface area (Å²) in [4.78, 5) is 9.72. The van der Waals surface area contributed by atoms with Crippen molar-refractivity contribution in [2.75, 3.05) is 0 Å². The van der Waals surface area contributed by atoms with Gasteiger partial charge in [0.05, 0.1) is 10.5 Å². The van der Waals surface area contributed by atoms with Crippen molar-refractivity contribution >= 4 is 5.69 Å². The van der Waals surface area contributed by atoms with E-state index in [1.165, 1.54) is 0 Å². The highest BCUT2D eigenvalue weighted by molar-refractivity contribution is 5.51. The second-order valence-electron chi connectivity index (χ2n) is 4.09. The van der Waals surface area contributed by atoms with Crippen LogP contribution in [0.5, 0.6) is 11.5 Å². The van der Waals surface area contributed by atoms with Crippen LogP contribution in [0.15, 0.2) is 36.4 Å². The van der Waals surface area contributed by atoms with Gasteiger partial charge in [-0.25, -0.2) is 4.39 Å². The van der Waals surface area contributed by atoms with Crippen LogP contribution in [0, 0.1) is 21.7 Å². The summed E-state index contributed by atoms with van der Waals surface area (Å²) in [5, 5.41) is 10.8. The summed E-state index contributed by atoms with van der Waals surface area (Å²) in [7, 11) is 0. The van der Waals surface area contributed by atoms with Gasteiger partial charge in [-0.05, 0) is 24.3 Å². The molecule has 0 atom stereocenters. The summed E-state index contributed by atoms with van der Waals surface area (Å²) in [6, 6.07) is 4.34. The molecule has 0 N–H and O–H groups in total. The van der Waals surface area contributed by atoms with Crippen molar-refractivity contribution in [3.05, 3.63) is 63.7 Å². The van der Waals surface area contributed by atoms with Gasteiger partial charge in [-0.15, -0.1) is 0 Å². The molecule has 2 rings (SSSR count). The largest absolute Gasteiger partial charge is 0.447 e. The maximum Gasteiger partial charge on any atom is 0.416 e. The topological polar surface area (TPSA) is 52.4 Å². The minimum absolute atomic E-state index is 0.256. The fourth-order valence-electron chi connectivity index (χ4n) is 1.60. The van der Waals surface area contributed by atoms with Gasteiger partial charge in [-0.2, -0.15) is 17.6 Å². The molecular formula is C13H6F5NO3. The van der Waals surface area contributed by atoms with Crippen molar-refractivity contribution in [2.24, 2.45) is 0 Å². The van der Waals surface area contributed by atoms with Crippen LogP contribution in [-0.2, 0) is 6.18 Å². The Kier molecular flexibility index (Phi) is 3.98. The van der Waals surface area contributed by atoms with E-state index < -0.39 is 45.5 Å². The number of hydrogen-bond donors (Lipinski definition) is 0. The molecule has 2 aromatic carbocycles. The number of halogens is 5. The number of ether oxygens (including phenoxy) is 1. The minimum atomic E-state index is -4.78. The van der Waals surface area contributed by atoms with E-state index in [1.54, 1.807) is 0 Å². The molecule has 0 unspecified atom stereocenters. The van der Waals surface area contributed by atoms with E-state index in [4.69, 9.17) is 4.74 Å². The third kappa shape index (κ3) is 3.13. The fraction of sp³-hybridized carbons (Fsp3) is 0.0769. The van der Waals surface area contributed by atoms with E-state index in [2.05, 4.69) is 0 Å². The van der Waals surface area contributed by atoms with E-state index in [-0.39, 0.29) is 6.07 Å². The zero-order chi connectivity index (χ0) is 16.5. The lowest BCUT2D eigenvalue weighted by Crippen LogP contribution is -2.06. The summed E-state index contributed by atoms with van der Waals surface area (Å²) in [6.45, 7) is 0. The van der Waals surface area contributed by atoms with Crippen LogP contribution in [0.1, 0.15) is 5.56 Å². The van der Waals surface area contributed by atoms with E-state index in [0.717, 1.165) is 18.2 Å². The second-order valence-corrected chi connectivity index (χ2v) is 4.09. The highest BCUT2D eigenvalue weighted by Crippen LogP contribution is 2.38. The van der Waals surface area contributed by atoms with Crippen molar-refractivity contribution < 1.29 is 31.6 Å². The number of nitro benzene ring substituents is 1.